The molecule has 3 heteroatoms. The lowest BCUT2D eigenvalue weighted by molar-refractivity contribution is -0.141. The molecule has 0 spiro atoms. The molecule has 1 aliphatic carbocycles. The summed E-state index contributed by atoms with van der Waals surface area (Å²) in [4.78, 5) is 12.8. The van der Waals surface area contributed by atoms with Crippen LogP contribution in [0, 0.1) is 11.8 Å². The fourth-order valence-electron chi connectivity index (χ4n) is 1.71. The Kier molecular flexibility index (Phi) is 3.93. The van der Waals surface area contributed by atoms with Gasteiger partial charge in [0.15, 0.2) is 0 Å². The lowest BCUT2D eigenvalue weighted by atomic mass is 10.1. The molecule has 0 radical (unpaired) electrons. The predicted octanol–water partition coefficient (Wildman–Crippen LogP) is 1.83. The maximum Gasteiger partial charge on any atom is 0.307 e. The predicted molar refractivity (Wildman–Crippen MR) is 56.2 cm³/mol. The first-order valence-electron chi connectivity index (χ1n) is 5.43. The van der Waals surface area contributed by atoms with E-state index in [0.717, 1.165) is 5.92 Å². The monoisotopic (exact) mass is 199 g/mol. The molecule has 0 heterocycles. The van der Waals surface area contributed by atoms with Crippen LogP contribution in [0.2, 0.25) is 0 Å². The van der Waals surface area contributed by atoms with E-state index in [2.05, 4.69) is 11.8 Å². The molecule has 1 rings (SSSR count). The summed E-state index contributed by atoms with van der Waals surface area (Å²) in [5.74, 6) is -0.0512. The standard InChI is InChI=1S/C11H21NO2/c1-8(11(13)14)7-12(3)9(2)6-10-4-5-10/h8-10H,4-7H2,1-3H3,(H,13,14). The highest BCUT2D eigenvalue weighted by atomic mass is 16.4. The lowest BCUT2D eigenvalue weighted by Crippen LogP contribution is -2.35. The topological polar surface area (TPSA) is 40.5 Å². The Hall–Kier alpha value is -0.570. The number of carboxylic acid groups (broad SMARTS) is 1. The van der Waals surface area contributed by atoms with Crippen LogP contribution in [-0.2, 0) is 4.79 Å². The Morgan fingerprint density at radius 3 is 2.50 bits per heavy atom. The summed E-state index contributed by atoms with van der Waals surface area (Å²) in [7, 11) is 2.02. The molecular formula is C11H21NO2. The highest BCUT2D eigenvalue weighted by Crippen LogP contribution is 2.34. The van der Waals surface area contributed by atoms with Gasteiger partial charge in [0.2, 0.25) is 0 Å². The molecule has 0 aromatic rings. The molecule has 0 aromatic carbocycles. The highest BCUT2D eigenvalue weighted by Gasteiger charge is 2.26. The van der Waals surface area contributed by atoms with Gasteiger partial charge < -0.3 is 10.0 Å². The van der Waals surface area contributed by atoms with Crippen molar-refractivity contribution in [2.24, 2.45) is 11.8 Å². The number of rotatable bonds is 6. The molecule has 0 aliphatic heterocycles. The van der Waals surface area contributed by atoms with Crippen molar-refractivity contribution in [1.82, 2.24) is 4.90 Å². The van der Waals surface area contributed by atoms with Crippen LogP contribution in [0.1, 0.15) is 33.1 Å². The summed E-state index contributed by atoms with van der Waals surface area (Å²) in [6, 6.07) is 0.518. The number of aliphatic carboxylic acids is 1. The molecule has 82 valence electrons. The average molecular weight is 199 g/mol. The van der Waals surface area contributed by atoms with Crippen LogP contribution in [0.4, 0.5) is 0 Å². The summed E-state index contributed by atoms with van der Waals surface area (Å²) in [6.07, 6.45) is 3.96. The molecule has 0 bridgehead atoms. The third kappa shape index (κ3) is 3.66. The van der Waals surface area contributed by atoms with E-state index in [1.807, 2.05) is 7.05 Å². The highest BCUT2D eigenvalue weighted by molar-refractivity contribution is 5.69. The summed E-state index contributed by atoms with van der Waals surface area (Å²) < 4.78 is 0. The van der Waals surface area contributed by atoms with Crippen molar-refractivity contribution in [2.75, 3.05) is 13.6 Å². The fourth-order valence-corrected chi connectivity index (χ4v) is 1.71. The van der Waals surface area contributed by atoms with Gasteiger partial charge in [-0.3, -0.25) is 4.79 Å². The summed E-state index contributed by atoms with van der Waals surface area (Å²) in [6.45, 7) is 4.61. The van der Waals surface area contributed by atoms with Crippen LogP contribution in [0.3, 0.4) is 0 Å². The summed E-state index contributed by atoms with van der Waals surface area (Å²) >= 11 is 0. The number of carboxylic acids is 1. The second kappa shape index (κ2) is 4.78. The van der Waals surface area contributed by atoms with Gasteiger partial charge in [-0.2, -0.15) is 0 Å². The largest absolute Gasteiger partial charge is 0.481 e. The minimum Gasteiger partial charge on any atom is -0.481 e. The van der Waals surface area contributed by atoms with Crippen molar-refractivity contribution in [1.29, 1.82) is 0 Å². The van der Waals surface area contributed by atoms with Crippen molar-refractivity contribution in [3.05, 3.63) is 0 Å². The van der Waals surface area contributed by atoms with Crippen LogP contribution < -0.4 is 0 Å². The van der Waals surface area contributed by atoms with Crippen molar-refractivity contribution < 1.29 is 9.90 Å². The molecule has 1 fully saturated rings. The molecule has 1 aliphatic rings. The van der Waals surface area contributed by atoms with Crippen LogP contribution >= 0.6 is 0 Å². The van der Waals surface area contributed by atoms with Gasteiger partial charge >= 0.3 is 5.97 Å². The molecule has 3 nitrogen and oxygen atoms in total. The first-order valence-corrected chi connectivity index (χ1v) is 5.43. The van der Waals surface area contributed by atoms with Gasteiger partial charge in [-0.05, 0) is 26.3 Å². The van der Waals surface area contributed by atoms with Gasteiger partial charge in [-0.1, -0.05) is 19.8 Å². The van der Waals surface area contributed by atoms with E-state index in [4.69, 9.17) is 5.11 Å². The average Bonchev–Trinajstić information content (AvgIpc) is 2.87. The van der Waals surface area contributed by atoms with Crippen LogP contribution in [-0.4, -0.2) is 35.6 Å². The van der Waals surface area contributed by atoms with Gasteiger partial charge in [-0.25, -0.2) is 0 Å². The Labute approximate surface area is 86.1 Å². The SMILES string of the molecule is CC(CN(C)C(C)CC1CC1)C(=O)O. The third-order valence-corrected chi connectivity index (χ3v) is 3.11. The molecule has 1 N–H and O–H groups in total. The molecular weight excluding hydrogens is 178 g/mol. The first kappa shape index (κ1) is 11.5. The quantitative estimate of drug-likeness (QED) is 0.709. The molecule has 2 unspecified atom stereocenters. The van der Waals surface area contributed by atoms with E-state index < -0.39 is 5.97 Å². The van der Waals surface area contributed by atoms with Crippen molar-refractivity contribution in [3.8, 4) is 0 Å². The van der Waals surface area contributed by atoms with E-state index in [0.29, 0.717) is 12.6 Å². The van der Waals surface area contributed by atoms with Crippen molar-refractivity contribution in [3.63, 3.8) is 0 Å². The number of carbonyl (C=O) groups is 1. The van der Waals surface area contributed by atoms with Gasteiger partial charge in [0.1, 0.15) is 0 Å². The number of nitrogens with zero attached hydrogens (tertiary/aromatic N) is 1. The molecule has 2 atom stereocenters. The maximum absolute atomic E-state index is 10.7. The zero-order valence-corrected chi connectivity index (χ0v) is 9.36. The Balaban J connectivity index is 2.24. The summed E-state index contributed by atoms with van der Waals surface area (Å²) in [5, 5.41) is 8.78. The first-order chi connectivity index (χ1) is 6.50. The van der Waals surface area contributed by atoms with Gasteiger partial charge in [0, 0.05) is 12.6 Å². The molecule has 0 amide bonds. The second-order valence-electron chi connectivity index (χ2n) is 4.71. The van der Waals surface area contributed by atoms with E-state index in [1.54, 1.807) is 6.92 Å². The third-order valence-electron chi connectivity index (χ3n) is 3.11. The number of hydrogen-bond donors (Lipinski definition) is 1. The van der Waals surface area contributed by atoms with Gasteiger partial charge in [0.25, 0.3) is 0 Å². The van der Waals surface area contributed by atoms with Crippen molar-refractivity contribution in [2.45, 2.75) is 39.2 Å². The Morgan fingerprint density at radius 1 is 1.50 bits per heavy atom. The summed E-state index contributed by atoms with van der Waals surface area (Å²) in [5.41, 5.74) is 0. The van der Waals surface area contributed by atoms with Crippen molar-refractivity contribution >= 4 is 5.97 Å². The van der Waals surface area contributed by atoms with E-state index in [9.17, 15) is 4.79 Å². The second-order valence-corrected chi connectivity index (χ2v) is 4.71. The molecule has 0 aromatic heterocycles. The van der Waals surface area contributed by atoms with Crippen LogP contribution in [0.5, 0.6) is 0 Å². The fraction of sp³-hybridized carbons (Fsp3) is 0.909. The van der Waals surface area contributed by atoms with Gasteiger partial charge in [0.05, 0.1) is 5.92 Å². The van der Waals surface area contributed by atoms with E-state index >= 15 is 0 Å². The molecule has 14 heavy (non-hydrogen) atoms. The van der Waals surface area contributed by atoms with Crippen LogP contribution in [0.25, 0.3) is 0 Å². The smallest absolute Gasteiger partial charge is 0.307 e. The Morgan fingerprint density at radius 2 is 2.07 bits per heavy atom. The minimum absolute atomic E-state index is 0.262. The zero-order chi connectivity index (χ0) is 10.7. The Bertz CT molecular complexity index is 201. The molecule has 1 saturated carbocycles. The minimum atomic E-state index is -0.699. The lowest BCUT2D eigenvalue weighted by Gasteiger charge is -2.26. The van der Waals surface area contributed by atoms with E-state index in [-0.39, 0.29) is 5.92 Å². The zero-order valence-electron chi connectivity index (χ0n) is 9.36. The van der Waals surface area contributed by atoms with Crippen LogP contribution in [0.15, 0.2) is 0 Å². The molecule has 0 saturated heterocycles. The normalized spacial score (nSPS) is 20.9. The van der Waals surface area contributed by atoms with E-state index in [1.165, 1.54) is 19.3 Å². The van der Waals surface area contributed by atoms with Gasteiger partial charge in [-0.15, -0.1) is 0 Å². The maximum atomic E-state index is 10.7. The number of hydrogen-bond acceptors (Lipinski definition) is 2.